The molecule has 0 saturated heterocycles. The van der Waals surface area contributed by atoms with Crippen molar-refractivity contribution in [2.24, 2.45) is 0 Å². The molecular weight excluding hydrogens is 309 g/mol. The van der Waals surface area contributed by atoms with Gasteiger partial charge in [-0.2, -0.15) is 0 Å². The number of methoxy groups -OCH3 is 1. The molecule has 0 atom stereocenters. The molecule has 6 heteroatoms. The average molecular weight is 326 g/mol. The van der Waals surface area contributed by atoms with Gasteiger partial charge < -0.3 is 10.1 Å². The van der Waals surface area contributed by atoms with Crippen LogP contribution < -0.4 is 10.1 Å². The van der Waals surface area contributed by atoms with E-state index in [-0.39, 0.29) is 0 Å². The molecule has 0 aliphatic carbocycles. The zero-order valence-corrected chi connectivity index (χ0v) is 13.7. The van der Waals surface area contributed by atoms with Gasteiger partial charge in [0, 0.05) is 23.6 Å². The van der Waals surface area contributed by atoms with Crippen molar-refractivity contribution < 1.29 is 4.74 Å². The van der Waals surface area contributed by atoms with E-state index in [4.69, 9.17) is 27.9 Å². The zero-order valence-electron chi connectivity index (χ0n) is 12.2. The molecule has 0 radical (unpaired) electrons. The summed E-state index contributed by atoms with van der Waals surface area (Å²) in [7, 11) is 1.60. The average Bonchev–Trinajstić information content (AvgIpc) is 2.42. The molecule has 0 saturated carbocycles. The minimum atomic E-state index is 0.417. The van der Waals surface area contributed by atoms with Crippen LogP contribution in [-0.4, -0.2) is 17.1 Å². The van der Waals surface area contributed by atoms with Gasteiger partial charge in [0.15, 0.2) is 0 Å². The molecule has 1 heterocycles. The van der Waals surface area contributed by atoms with Crippen LogP contribution in [0.1, 0.15) is 24.7 Å². The number of hydrogen-bond donors (Lipinski definition) is 1. The monoisotopic (exact) mass is 325 g/mol. The van der Waals surface area contributed by atoms with Gasteiger partial charge in [0.05, 0.1) is 12.8 Å². The van der Waals surface area contributed by atoms with Crippen LogP contribution in [0, 0.1) is 6.92 Å². The number of ether oxygens (including phenoxy) is 1. The van der Waals surface area contributed by atoms with Crippen LogP contribution in [0.2, 0.25) is 10.2 Å². The van der Waals surface area contributed by atoms with Gasteiger partial charge in [-0.15, -0.1) is 0 Å². The maximum Gasteiger partial charge on any atom is 0.143 e. The largest absolute Gasteiger partial charge is 0.495 e. The summed E-state index contributed by atoms with van der Waals surface area (Å²) in [6, 6.07) is 5.37. The fraction of sp³-hybridized carbons (Fsp3) is 0.333. The second-order valence-corrected chi connectivity index (χ2v) is 5.46. The van der Waals surface area contributed by atoms with Gasteiger partial charge in [-0.25, -0.2) is 9.97 Å². The number of aryl methyl sites for hydroxylation is 2. The lowest BCUT2D eigenvalue weighted by Gasteiger charge is -2.13. The molecule has 0 unspecified atom stereocenters. The van der Waals surface area contributed by atoms with Crippen molar-refractivity contribution in [1.82, 2.24) is 9.97 Å². The van der Waals surface area contributed by atoms with Crippen LogP contribution >= 0.6 is 23.2 Å². The molecule has 1 aromatic carbocycles. The van der Waals surface area contributed by atoms with Crippen molar-refractivity contribution in [3.05, 3.63) is 39.8 Å². The Morgan fingerprint density at radius 3 is 2.62 bits per heavy atom. The SMILES string of the molecule is CCCc1nc(Cl)cc(Nc2cc(C)c(Cl)cc2OC)n1. The van der Waals surface area contributed by atoms with Crippen LogP contribution in [0.15, 0.2) is 18.2 Å². The number of halogens is 2. The van der Waals surface area contributed by atoms with Crippen LogP contribution in [0.3, 0.4) is 0 Å². The van der Waals surface area contributed by atoms with Gasteiger partial charge in [0.2, 0.25) is 0 Å². The molecule has 112 valence electrons. The Labute approximate surface area is 134 Å². The quantitative estimate of drug-likeness (QED) is 0.802. The molecule has 2 aromatic rings. The molecule has 0 amide bonds. The third kappa shape index (κ3) is 3.99. The van der Waals surface area contributed by atoms with Crippen molar-refractivity contribution in [2.45, 2.75) is 26.7 Å². The maximum absolute atomic E-state index is 6.10. The lowest BCUT2D eigenvalue weighted by Crippen LogP contribution is -2.02. The standard InChI is InChI=1S/C15H17Cl2N3O/c1-4-5-14-19-13(17)8-15(20-14)18-11-6-9(2)10(16)7-12(11)21-3/h6-8H,4-5H2,1-3H3,(H,18,19,20). The predicted octanol–water partition coefficient (Wildman–Crippen LogP) is 4.80. The van der Waals surface area contributed by atoms with Crippen LogP contribution in [0.4, 0.5) is 11.5 Å². The Morgan fingerprint density at radius 1 is 1.19 bits per heavy atom. The van der Waals surface area contributed by atoms with E-state index in [1.807, 2.05) is 13.0 Å². The Kier molecular flexibility index (Phi) is 5.26. The number of nitrogens with one attached hydrogen (secondary N) is 1. The van der Waals surface area contributed by atoms with Crippen molar-refractivity contribution in [3.63, 3.8) is 0 Å². The van der Waals surface area contributed by atoms with Gasteiger partial charge in [0.25, 0.3) is 0 Å². The lowest BCUT2D eigenvalue weighted by atomic mass is 10.2. The van der Waals surface area contributed by atoms with Gasteiger partial charge in [-0.05, 0) is 25.0 Å². The van der Waals surface area contributed by atoms with E-state index >= 15 is 0 Å². The molecular formula is C15H17Cl2N3O. The summed E-state index contributed by atoms with van der Waals surface area (Å²) in [4.78, 5) is 8.65. The summed E-state index contributed by atoms with van der Waals surface area (Å²) in [5, 5.41) is 4.29. The molecule has 0 spiro atoms. The van der Waals surface area contributed by atoms with Crippen LogP contribution in [-0.2, 0) is 6.42 Å². The zero-order chi connectivity index (χ0) is 15.4. The Hall–Kier alpha value is -1.52. The number of rotatable bonds is 5. The summed E-state index contributed by atoms with van der Waals surface area (Å²) in [6.07, 6.45) is 1.75. The van der Waals surface area contributed by atoms with E-state index in [1.54, 1.807) is 19.2 Å². The molecule has 2 rings (SSSR count). The number of nitrogens with zero attached hydrogens (tertiary/aromatic N) is 2. The van der Waals surface area contributed by atoms with Crippen molar-refractivity contribution >= 4 is 34.7 Å². The summed E-state index contributed by atoms with van der Waals surface area (Å²) in [5.41, 5.74) is 1.74. The highest BCUT2D eigenvalue weighted by Crippen LogP contribution is 2.33. The number of hydrogen-bond acceptors (Lipinski definition) is 4. The highest BCUT2D eigenvalue weighted by atomic mass is 35.5. The first-order valence-corrected chi connectivity index (χ1v) is 7.43. The highest BCUT2D eigenvalue weighted by molar-refractivity contribution is 6.31. The van der Waals surface area contributed by atoms with E-state index in [0.29, 0.717) is 21.7 Å². The number of anilines is 2. The molecule has 0 aliphatic heterocycles. The van der Waals surface area contributed by atoms with Crippen molar-refractivity contribution in [2.75, 3.05) is 12.4 Å². The summed E-state index contributed by atoms with van der Waals surface area (Å²) < 4.78 is 5.34. The highest BCUT2D eigenvalue weighted by Gasteiger charge is 2.09. The molecule has 0 fully saturated rings. The lowest BCUT2D eigenvalue weighted by molar-refractivity contribution is 0.416. The van der Waals surface area contributed by atoms with E-state index in [0.717, 1.165) is 29.9 Å². The second-order valence-electron chi connectivity index (χ2n) is 4.67. The predicted molar refractivity (Wildman–Crippen MR) is 87.1 cm³/mol. The van der Waals surface area contributed by atoms with E-state index in [2.05, 4.69) is 22.2 Å². The molecule has 1 aromatic heterocycles. The van der Waals surface area contributed by atoms with Gasteiger partial charge in [0.1, 0.15) is 22.5 Å². The Morgan fingerprint density at radius 2 is 1.95 bits per heavy atom. The van der Waals surface area contributed by atoms with Gasteiger partial charge in [-0.3, -0.25) is 0 Å². The molecule has 0 aliphatic rings. The summed E-state index contributed by atoms with van der Waals surface area (Å²) >= 11 is 12.1. The van der Waals surface area contributed by atoms with E-state index in [1.165, 1.54) is 0 Å². The molecule has 1 N–H and O–H groups in total. The second kappa shape index (κ2) is 6.96. The number of aromatic nitrogens is 2. The summed E-state index contributed by atoms with van der Waals surface area (Å²) in [6.45, 7) is 4.01. The summed E-state index contributed by atoms with van der Waals surface area (Å²) in [5.74, 6) is 2.01. The molecule has 4 nitrogen and oxygen atoms in total. The first kappa shape index (κ1) is 15.9. The van der Waals surface area contributed by atoms with Crippen molar-refractivity contribution in [1.29, 1.82) is 0 Å². The fourth-order valence-electron chi connectivity index (χ4n) is 1.93. The third-order valence-electron chi connectivity index (χ3n) is 2.96. The fourth-order valence-corrected chi connectivity index (χ4v) is 2.29. The topological polar surface area (TPSA) is 47.0 Å². The maximum atomic E-state index is 6.10. The van der Waals surface area contributed by atoms with Gasteiger partial charge in [-0.1, -0.05) is 30.1 Å². The Balaban J connectivity index is 2.35. The smallest absolute Gasteiger partial charge is 0.143 e. The van der Waals surface area contributed by atoms with Gasteiger partial charge >= 0.3 is 0 Å². The number of benzene rings is 1. The minimum absolute atomic E-state index is 0.417. The third-order valence-corrected chi connectivity index (χ3v) is 3.56. The molecule has 0 bridgehead atoms. The van der Waals surface area contributed by atoms with Crippen molar-refractivity contribution in [3.8, 4) is 5.75 Å². The minimum Gasteiger partial charge on any atom is -0.495 e. The van der Waals surface area contributed by atoms with Crippen LogP contribution in [0.5, 0.6) is 5.75 Å². The Bertz CT molecular complexity index is 647. The van der Waals surface area contributed by atoms with E-state index in [9.17, 15) is 0 Å². The first-order chi connectivity index (χ1) is 10.0. The first-order valence-electron chi connectivity index (χ1n) is 6.68. The molecule has 21 heavy (non-hydrogen) atoms. The van der Waals surface area contributed by atoms with E-state index < -0.39 is 0 Å². The normalized spacial score (nSPS) is 10.5. The van der Waals surface area contributed by atoms with Crippen LogP contribution in [0.25, 0.3) is 0 Å².